The van der Waals surface area contributed by atoms with Crippen molar-refractivity contribution in [3.05, 3.63) is 164 Å². The third kappa shape index (κ3) is 13.0. The second kappa shape index (κ2) is 23.5. The molecule has 0 spiro atoms. The predicted octanol–water partition coefficient (Wildman–Crippen LogP) is 8.90. The van der Waals surface area contributed by atoms with Crippen molar-refractivity contribution in [3.63, 3.8) is 0 Å². The zero-order valence-electron chi connectivity index (χ0n) is 33.7. The maximum absolute atomic E-state index is 2.26. The van der Waals surface area contributed by atoms with Crippen LogP contribution >= 0.6 is 0 Å². The van der Waals surface area contributed by atoms with Crippen molar-refractivity contribution in [2.24, 2.45) is 0 Å². The van der Waals surface area contributed by atoms with Gasteiger partial charge in [0.1, 0.15) is 0 Å². The van der Waals surface area contributed by atoms with Gasteiger partial charge in [-0.2, -0.15) is 26.7 Å². The molecule has 52 heavy (non-hydrogen) atoms. The summed E-state index contributed by atoms with van der Waals surface area (Å²) in [4.78, 5) is 17.8. The Balaban J connectivity index is 0. The molecule has 0 aromatic heterocycles. The molecule has 4 heterocycles. The van der Waals surface area contributed by atoms with Gasteiger partial charge < -0.3 is 68.9 Å². The van der Waals surface area contributed by atoms with E-state index in [4.69, 9.17) is 0 Å². The second-order valence-electron chi connectivity index (χ2n) is 12.6. The molecule has 6 rings (SSSR count). The molecule has 8 nitrogen and oxygen atoms in total. The van der Waals surface area contributed by atoms with Gasteiger partial charge in [-0.3, -0.25) is 0 Å². The van der Waals surface area contributed by atoms with Crippen LogP contribution in [-0.2, 0) is 33.0 Å². The van der Waals surface area contributed by atoms with Crippen molar-refractivity contribution < 1.29 is 33.0 Å². The van der Waals surface area contributed by atoms with Gasteiger partial charge in [0.25, 0.3) is 0 Å². The van der Waals surface area contributed by atoms with Crippen LogP contribution in [0.3, 0.4) is 0 Å². The van der Waals surface area contributed by atoms with E-state index in [-0.39, 0.29) is 62.7 Å². The molecule has 0 atom stereocenters. The van der Waals surface area contributed by atoms with Crippen molar-refractivity contribution >= 4 is 11.4 Å². The maximum Gasteiger partial charge on any atom is 0.0184 e. The first-order valence-electron chi connectivity index (χ1n) is 16.5. The third-order valence-corrected chi connectivity index (χ3v) is 8.63. The summed E-state index contributed by atoms with van der Waals surface area (Å²) in [5, 5.41) is 0. The summed E-state index contributed by atoms with van der Waals surface area (Å²) >= 11 is 0. The van der Waals surface area contributed by atoms with E-state index in [1.807, 2.05) is 0 Å². The molecule has 2 aromatic carbocycles. The Labute approximate surface area is 340 Å². The molecule has 0 saturated carbocycles. The minimum atomic E-state index is 0. The third-order valence-electron chi connectivity index (χ3n) is 8.63. The summed E-state index contributed by atoms with van der Waals surface area (Å²) in [7, 11) is 0. The van der Waals surface area contributed by atoms with Gasteiger partial charge in [0.15, 0.2) is 0 Å². The molecular formula is C42H64N8Ni2-8. The minimum absolute atomic E-state index is 0. The summed E-state index contributed by atoms with van der Waals surface area (Å²) in [6, 6.07) is 9.00. The number of rotatable bonds is 10. The fourth-order valence-corrected chi connectivity index (χ4v) is 6.45. The smallest absolute Gasteiger partial charge is 0.0184 e. The number of hydrogen-bond donors (Lipinski definition) is 0. The molecule has 300 valence electrons. The summed E-state index contributed by atoms with van der Waals surface area (Å²) in [6.07, 6.45) is 17.1. The first-order chi connectivity index (χ1) is 22.1. The molecule has 4 aliphatic rings. The van der Waals surface area contributed by atoms with E-state index in [1.165, 1.54) is 44.8 Å². The molecule has 10 heteroatoms. The van der Waals surface area contributed by atoms with Gasteiger partial charge in [0, 0.05) is 70.5 Å². The van der Waals surface area contributed by atoms with Crippen LogP contribution in [0.15, 0.2) is 73.9 Å². The largest absolute Gasteiger partial charge is 0.508 e. The Hall–Kier alpha value is -3.21. The Kier molecular flexibility index (Phi) is 23.0. The molecule has 0 fully saturated rings. The molecule has 0 unspecified atom stereocenters. The SMILES string of the molecule is CCN1C=CN(CCN2C=CN(CC)[CH-]2)[CH-]1.Cc1cc(C)c(N2C=CN(CCN3C=CN(c4c(C)cc(C)cc4C)[CH-]3)[CH-]2)c(C)c1.[CH3-].[CH3-].[CH3-].[CH3-].[Ni].[Ni]. The average molecular weight is 798 g/mol. The van der Waals surface area contributed by atoms with Crippen LogP contribution in [0.2, 0.25) is 0 Å². The number of benzene rings is 2. The van der Waals surface area contributed by atoms with Crippen LogP contribution in [0.5, 0.6) is 0 Å². The van der Waals surface area contributed by atoms with Gasteiger partial charge in [0.05, 0.1) is 0 Å². The molecule has 0 amide bonds. The molecule has 0 N–H and O–H groups in total. The van der Waals surface area contributed by atoms with Gasteiger partial charge in [-0.25, -0.2) is 0 Å². The molecule has 4 aliphatic heterocycles. The van der Waals surface area contributed by atoms with Crippen LogP contribution < -0.4 is 9.80 Å². The van der Waals surface area contributed by atoms with E-state index >= 15 is 0 Å². The Morgan fingerprint density at radius 3 is 0.904 bits per heavy atom. The topological polar surface area (TPSA) is 25.9 Å². The first-order valence-corrected chi connectivity index (χ1v) is 16.5. The van der Waals surface area contributed by atoms with Crippen molar-refractivity contribution in [1.29, 1.82) is 0 Å². The molecule has 2 aromatic rings. The van der Waals surface area contributed by atoms with Crippen LogP contribution in [-0.4, -0.2) is 68.7 Å². The quantitative estimate of drug-likeness (QED) is 0.174. The summed E-state index contributed by atoms with van der Waals surface area (Å²) < 4.78 is 0. The molecule has 0 bridgehead atoms. The van der Waals surface area contributed by atoms with Gasteiger partial charge >= 0.3 is 0 Å². The fourth-order valence-electron chi connectivity index (χ4n) is 6.45. The van der Waals surface area contributed by atoms with Crippen LogP contribution in [0.4, 0.5) is 11.4 Å². The van der Waals surface area contributed by atoms with Gasteiger partial charge in [-0.15, -0.1) is 0 Å². The Bertz CT molecular complexity index is 1320. The molecule has 0 radical (unpaired) electrons. The number of nitrogens with zero attached hydrogens (tertiary/aromatic N) is 8. The number of anilines is 2. The maximum atomic E-state index is 2.26. The fraction of sp³-hybridized carbons (Fsp3) is 0.333. The van der Waals surface area contributed by atoms with Gasteiger partial charge in [0.2, 0.25) is 0 Å². The first kappa shape index (κ1) is 50.9. The zero-order valence-corrected chi connectivity index (χ0v) is 35.7. The summed E-state index contributed by atoms with van der Waals surface area (Å²) in [5.41, 5.74) is 10.4. The van der Waals surface area contributed by atoms with Crippen LogP contribution in [0.1, 0.15) is 47.2 Å². The molecule has 0 aliphatic carbocycles. The predicted molar refractivity (Wildman–Crippen MR) is 217 cm³/mol. The summed E-state index contributed by atoms with van der Waals surface area (Å²) in [6.45, 7) is 32.0. The second-order valence-corrected chi connectivity index (χ2v) is 12.6. The standard InChI is InChI=1S/C26H32N4.C12H20N4.4CH3.2Ni/c1-19-13-21(3)25(22(4)14-19)29-11-9-27(17-29)7-8-28-10-12-30(18-28)26-23(5)15-20(2)16-24(26)6;1-3-13-5-7-15(11-13)9-10-16-8-6-14(4-2)12-16;;;;;;/h9-18H,7-8H2,1-6H3;5-8,11-12H,3-4,9-10H2,1-2H3;4*1H3;;/q2*-2;4*-1;;. The normalized spacial score (nSPS) is 15.1. The monoisotopic (exact) mass is 796 g/mol. The number of aryl methyl sites for hydroxylation is 6. The Morgan fingerprint density at radius 2 is 0.635 bits per heavy atom. The van der Waals surface area contributed by atoms with Crippen molar-refractivity contribution in [2.45, 2.75) is 55.4 Å². The van der Waals surface area contributed by atoms with E-state index in [9.17, 15) is 0 Å². The van der Waals surface area contributed by atoms with E-state index < -0.39 is 0 Å². The minimum Gasteiger partial charge on any atom is -0.508 e. The van der Waals surface area contributed by atoms with Crippen molar-refractivity contribution in [3.8, 4) is 0 Å². The van der Waals surface area contributed by atoms with Crippen molar-refractivity contribution in [2.75, 3.05) is 49.1 Å². The van der Waals surface area contributed by atoms with E-state index in [1.54, 1.807) is 0 Å². The van der Waals surface area contributed by atoms with E-state index in [2.05, 4.69) is 195 Å². The van der Waals surface area contributed by atoms with Crippen molar-refractivity contribution in [1.82, 2.24) is 29.4 Å². The summed E-state index contributed by atoms with van der Waals surface area (Å²) in [5.74, 6) is 0. The van der Waals surface area contributed by atoms with Gasteiger partial charge in [-0.1, -0.05) is 49.2 Å². The Morgan fingerprint density at radius 1 is 0.385 bits per heavy atom. The molecular weight excluding hydrogens is 734 g/mol. The van der Waals surface area contributed by atoms with Crippen LogP contribution in [0, 0.1) is 97.9 Å². The zero-order chi connectivity index (χ0) is 32.8. The number of hydrogen-bond acceptors (Lipinski definition) is 8. The van der Waals surface area contributed by atoms with E-state index in [0.29, 0.717) is 0 Å². The average Bonchev–Trinajstić information content (AvgIpc) is 3.82. The van der Waals surface area contributed by atoms with E-state index in [0.717, 1.165) is 39.3 Å². The van der Waals surface area contributed by atoms with Gasteiger partial charge in [-0.05, 0) is 126 Å². The van der Waals surface area contributed by atoms with Crippen LogP contribution in [0.25, 0.3) is 0 Å². The molecule has 0 saturated heterocycles.